The van der Waals surface area contributed by atoms with E-state index in [0.29, 0.717) is 0 Å². The summed E-state index contributed by atoms with van der Waals surface area (Å²) in [5, 5.41) is 0. The van der Waals surface area contributed by atoms with Gasteiger partial charge >= 0.3 is 29.6 Å². The third-order valence-corrected chi connectivity index (χ3v) is 2.30. The van der Waals surface area contributed by atoms with Gasteiger partial charge in [-0.15, -0.1) is 0 Å². The van der Waals surface area contributed by atoms with E-state index in [2.05, 4.69) is 0 Å². The molecule has 0 aromatic heterocycles. The average Bonchev–Trinajstić information content (AvgIpc) is 1.57. The molecule has 0 spiro atoms. The van der Waals surface area contributed by atoms with Crippen LogP contribution in [0.15, 0.2) is 0 Å². The van der Waals surface area contributed by atoms with Crippen molar-refractivity contribution in [2.24, 2.45) is 0 Å². The Hall–Kier alpha value is 0.820. The molecule has 0 aliphatic carbocycles. The second-order valence-corrected chi connectivity index (χ2v) is 4.72. The molecule has 11 heavy (non-hydrogen) atoms. The smallest absolute Gasteiger partial charge is 0.286 e. The summed E-state index contributed by atoms with van der Waals surface area (Å²) in [6.45, 7) is 0. The molecule has 0 atom stereocenters. The monoisotopic (exact) mass is 213 g/mol. The molecule has 0 rings (SSSR count). The molecule has 62 valence electrons. The van der Waals surface area contributed by atoms with Gasteiger partial charge in [0, 0.05) is 0 Å². The first-order chi connectivity index (χ1) is 4.21. The van der Waals surface area contributed by atoms with Crippen molar-refractivity contribution >= 4 is 20.2 Å². The second kappa shape index (κ2) is 4.75. The summed E-state index contributed by atoms with van der Waals surface area (Å²) < 4.78 is 55.4. The first-order valence-electron chi connectivity index (χ1n) is 2.11. The maximum absolute atomic E-state index is 9.86. The first-order valence-corrected chi connectivity index (χ1v) is 5.33. The van der Waals surface area contributed by atoms with E-state index in [0.717, 1.165) is 0 Å². The predicted molar refractivity (Wildman–Crippen MR) is 32.8 cm³/mol. The van der Waals surface area contributed by atoms with Crippen LogP contribution in [-0.4, -0.2) is 37.4 Å². The SMILES string of the molecule is O=S(=O)(O)CCS(=O)(=O)O.[Na+]. The quantitative estimate of drug-likeness (QED) is 0.363. The predicted octanol–water partition coefficient (Wildman–Crippen LogP) is -4.23. The number of rotatable bonds is 3. The molecule has 0 saturated heterocycles. The van der Waals surface area contributed by atoms with Gasteiger partial charge in [-0.3, -0.25) is 9.11 Å². The van der Waals surface area contributed by atoms with Crippen LogP contribution in [-0.2, 0) is 20.2 Å². The van der Waals surface area contributed by atoms with Crippen LogP contribution >= 0.6 is 0 Å². The van der Waals surface area contributed by atoms with Crippen molar-refractivity contribution < 1.29 is 55.5 Å². The zero-order valence-electron chi connectivity index (χ0n) is 5.76. The Morgan fingerprint density at radius 2 is 1.00 bits per heavy atom. The molecule has 0 aromatic rings. The molecule has 0 saturated carbocycles. The molecule has 9 heteroatoms. The molecule has 0 aromatic carbocycles. The van der Waals surface area contributed by atoms with Gasteiger partial charge in [0.2, 0.25) is 0 Å². The van der Waals surface area contributed by atoms with Crippen LogP contribution in [0.1, 0.15) is 0 Å². The Morgan fingerprint density at radius 3 is 1.09 bits per heavy atom. The van der Waals surface area contributed by atoms with Crippen LogP contribution in [0.3, 0.4) is 0 Å². The van der Waals surface area contributed by atoms with Crippen molar-refractivity contribution in [1.82, 2.24) is 0 Å². The van der Waals surface area contributed by atoms with E-state index >= 15 is 0 Å². The number of hydrogen-bond donors (Lipinski definition) is 2. The molecular formula is C2H6NaO6S2+. The average molecular weight is 213 g/mol. The van der Waals surface area contributed by atoms with Gasteiger partial charge in [-0.2, -0.15) is 16.8 Å². The summed E-state index contributed by atoms with van der Waals surface area (Å²) >= 11 is 0. The van der Waals surface area contributed by atoms with Gasteiger partial charge < -0.3 is 0 Å². The number of hydrogen-bond acceptors (Lipinski definition) is 4. The molecule has 0 radical (unpaired) electrons. The molecule has 0 heterocycles. The van der Waals surface area contributed by atoms with E-state index in [4.69, 9.17) is 9.11 Å². The van der Waals surface area contributed by atoms with Gasteiger partial charge in [0.1, 0.15) is 0 Å². The fourth-order valence-electron chi connectivity index (χ4n) is 0.211. The van der Waals surface area contributed by atoms with Gasteiger partial charge in [0.15, 0.2) is 0 Å². The molecule has 0 fully saturated rings. The van der Waals surface area contributed by atoms with Crippen LogP contribution in [0.5, 0.6) is 0 Å². The Morgan fingerprint density at radius 1 is 0.818 bits per heavy atom. The molecule has 0 amide bonds. The molecule has 0 aliphatic heterocycles. The van der Waals surface area contributed by atoms with Crippen LogP contribution in [0.4, 0.5) is 0 Å². The second-order valence-electron chi connectivity index (χ2n) is 1.57. The van der Waals surface area contributed by atoms with Gasteiger partial charge in [-0.05, 0) is 0 Å². The Bertz CT molecular complexity index is 255. The summed E-state index contributed by atoms with van der Waals surface area (Å²) in [5.41, 5.74) is 0. The molecule has 2 N–H and O–H groups in total. The van der Waals surface area contributed by atoms with Crippen molar-refractivity contribution in [2.45, 2.75) is 0 Å². The molecule has 0 aliphatic rings. The van der Waals surface area contributed by atoms with E-state index in [-0.39, 0.29) is 29.6 Å². The van der Waals surface area contributed by atoms with Gasteiger partial charge in [0.25, 0.3) is 20.2 Å². The standard InChI is InChI=1S/C2H6O6S2.Na/c3-9(4,5)1-2-10(6,7)8;/h1-2H2,(H,3,4,5)(H,6,7,8);/q;+1. The Kier molecular flexibility index (Phi) is 6.20. The zero-order valence-corrected chi connectivity index (χ0v) is 9.39. The molecular weight excluding hydrogens is 207 g/mol. The molecule has 0 bridgehead atoms. The minimum atomic E-state index is -4.30. The normalized spacial score (nSPS) is 12.2. The Labute approximate surface area is 86.8 Å². The summed E-state index contributed by atoms with van der Waals surface area (Å²) in [6, 6.07) is 0. The van der Waals surface area contributed by atoms with Gasteiger partial charge in [-0.25, -0.2) is 0 Å². The minimum Gasteiger partial charge on any atom is -0.286 e. The third kappa shape index (κ3) is 13.8. The van der Waals surface area contributed by atoms with Crippen LogP contribution < -0.4 is 29.6 Å². The fraction of sp³-hybridized carbons (Fsp3) is 1.00. The van der Waals surface area contributed by atoms with Crippen molar-refractivity contribution in [3.8, 4) is 0 Å². The summed E-state index contributed by atoms with van der Waals surface area (Å²) in [7, 11) is -8.59. The van der Waals surface area contributed by atoms with E-state index in [1.54, 1.807) is 0 Å². The molecule has 6 nitrogen and oxygen atoms in total. The van der Waals surface area contributed by atoms with Gasteiger partial charge in [-0.1, -0.05) is 0 Å². The first kappa shape index (κ1) is 14.3. The molecule has 0 unspecified atom stereocenters. The van der Waals surface area contributed by atoms with Crippen molar-refractivity contribution in [1.29, 1.82) is 0 Å². The summed E-state index contributed by atoms with van der Waals surface area (Å²) in [5.74, 6) is -1.96. The van der Waals surface area contributed by atoms with Crippen LogP contribution in [0.25, 0.3) is 0 Å². The zero-order chi connectivity index (χ0) is 8.41. The topological polar surface area (TPSA) is 109 Å². The fourth-order valence-corrected chi connectivity index (χ4v) is 1.90. The summed E-state index contributed by atoms with van der Waals surface area (Å²) in [4.78, 5) is 0. The van der Waals surface area contributed by atoms with E-state index in [1.165, 1.54) is 0 Å². The van der Waals surface area contributed by atoms with E-state index < -0.39 is 31.7 Å². The maximum Gasteiger partial charge on any atom is 1.00 e. The van der Waals surface area contributed by atoms with Crippen molar-refractivity contribution in [2.75, 3.05) is 11.5 Å². The largest absolute Gasteiger partial charge is 1.00 e. The third-order valence-electron chi connectivity index (χ3n) is 0.599. The maximum atomic E-state index is 9.86. The van der Waals surface area contributed by atoms with E-state index in [1.807, 2.05) is 0 Å². The van der Waals surface area contributed by atoms with Gasteiger partial charge in [0.05, 0.1) is 11.5 Å². The minimum absolute atomic E-state index is 0. The summed E-state index contributed by atoms with van der Waals surface area (Å²) in [6.07, 6.45) is 0. The van der Waals surface area contributed by atoms with Crippen LogP contribution in [0, 0.1) is 0 Å². The van der Waals surface area contributed by atoms with Crippen molar-refractivity contribution in [3.63, 3.8) is 0 Å². The van der Waals surface area contributed by atoms with E-state index in [9.17, 15) is 16.8 Å². The Balaban J connectivity index is 0. The van der Waals surface area contributed by atoms with Crippen molar-refractivity contribution in [3.05, 3.63) is 0 Å². The van der Waals surface area contributed by atoms with Crippen LogP contribution in [0.2, 0.25) is 0 Å².